The number of guanidine groups is 1. The molecule has 0 amide bonds. The second-order valence-corrected chi connectivity index (χ2v) is 6.96. The van der Waals surface area contributed by atoms with E-state index in [4.69, 9.17) is 4.74 Å². The summed E-state index contributed by atoms with van der Waals surface area (Å²) in [6.45, 7) is 5.26. The fourth-order valence-electron chi connectivity index (χ4n) is 3.55. The maximum Gasteiger partial charge on any atom is 0.310 e. The standard InChI is InChI=1S/C21H29N5O2/c1-3-28-20(27)19-9-5-11-25(16-19)21(22-2)23-14-17-7-4-8-18(13-17)15-26-12-6-10-24-26/h4,6-8,10,12-13,19H,3,5,9,11,14-16H2,1-2H3,(H,22,23). The summed E-state index contributed by atoms with van der Waals surface area (Å²) in [7, 11) is 1.78. The van der Waals surface area contributed by atoms with Crippen LogP contribution in [0, 0.1) is 5.92 Å². The average Bonchev–Trinajstić information content (AvgIpc) is 3.22. The van der Waals surface area contributed by atoms with E-state index >= 15 is 0 Å². The van der Waals surface area contributed by atoms with Crippen LogP contribution in [-0.4, -0.2) is 53.4 Å². The first kappa shape index (κ1) is 19.9. The third-order valence-electron chi connectivity index (χ3n) is 4.90. The Hall–Kier alpha value is -2.83. The van der Waals surface area contributed by atoms with Gasteiger partial charge in [0.05, 0.1) is 19.1 Å². The van der Waals surface area contributed by atoms with Crippen molar-refractivity contribution in [3.63, 3.8) is 0 Å². The van der Waals surface area contributed by atoms with Crippen molar-refractivity contribution in [2.45, 2.75) is 32.9 Å². The lowest BCUT2D eigenvalue weighted by molar-refractivity contribution is -0.149. The van der Waals surface area contributed by atoms with Crippen molar-refractivity contribution in [3.05, 3.63) is 53.9 Å². The highest BCUT2D eigenvalue weighted by Crippen LogP contribution is 2.18. The number of aromatic nitrogens is 2. The average molecular weight is 383 g/mol. The van der Waals surface area contributed by atoms with E-state index in [1.807, 2.05) is 23.9 Å². The zero-order chi connectivity index (χ0) is 19.8. The Bertz CT molecular complexity index is 788. The SMILES string of the molecule is CCOC(=O)C1CCCN(C(=NC)NCc2cccc(Cn3cccn3)c2)C1. The maximum atomic E-state index is 12.1. The van der Waals surface area contributed by atoms with E-state index in [9.17, 15) is 4.79 Å². The molecule has 1 N–H and O–H groups in total. The number of carbonyl (C=O) groups is 1. The Morgan fingerprint density at radius 1 is 1.36 bits per heavy atom. The van der Waals surface area contributed by atoms with Crippen LogP contribution in [0.5, 0.6) is 0 Å². The molecule has 28 heavy (non-hydrogen) atoms. The fourth-order valence-corrected chi connectivity index (χ4v) is 3.55. The first-order valence-corrected chi connectivity index (χ1v) is 9.87. The summed E-state index contributed by atoms with van der Waals surface area (Å²) in [5, 5.41) is 7.70. The molecule has 1 aliphatic rings. The Balaban J connectivity index is 1.57. The maximum absolute atomic E-state index is 12.1. The monoisotopic (exact) mass is 383 g/mol. The molecule has 1 aromatic carbocycles. The highest BCUT2D eigenvalue weighted by atomic mass is 16.5. The van der Waals surface area contributed by atoms with Gasteiger partial charge in [-0.25, -0.2) is 0 Å². The molecular formula is C21H29N5O2. The number of hydrogen-bond donors (Lipinski definition) is 1. The van der Waals surface area contributed by atoms with Gasteiger partial charge < -0.3 is 15.0 Å². The molecule has 1 fully saturated rings. The van der Waals surface area contributed by atoms with Crippen LogP contribution in [0.25, 0.3) is 0 Å². The Labute approximate surface area is 166 Å². The molecule has 150 valence electrons. The number of rotatable bonds is 6. The van der Waals surface area contributed by atoms with Gasteiger partial charge in [0.15, 0.2) is 5.96 Å². The number of likely N-dealkylation sites (tertiary alicyclic amines) is 1. The third-order valence-corrected chi connectivity index (χ3v) is 4.90. The molecule has 3 rings (SSSR count). The lowest BCUT2D eigenvalue weighted by Crippen LogP contribution is -2.48. The third kappa shape index (κ3) is 5.34. The normalized spacial score (nSPS) is 17.4. The number of piperidine rings is 1. The quantitative estimate of drug-likeness (QED) is 0.471. The summed E-state index contributed by atoms with van der Waals surface area (Å²) in [6, 6.07) is 10.4. The summed E-state index contributed by atoms with van der Waals surface area (Å²) in [5.41, 5.74) is 2.39. The summed E-state index contributed by atoms with van der Waals surface area (Å²) in [5.74, 6) is 0.644. The van der Waals surface area contributed by atoms with E-state index in [1.54, 1.807) is 13.2 Å². The smallest absolute Gasteiger partial charge is 0.310 e. The van der Waals surface area contributed by atoms with Crippen LogP contribution < -0.4 is 5.32 Å². The number of nitrogens with zero attached hydrogens (tertiary/aromatic N) is 4. The highest BCUT2D eigenvalue weighted by Gasteiger charge is 2.28. The summed E-state index contributed by atoms with van der Waals surface area (Å²) in [6.07, 6.45) is 5.59. The van der Waals surface area contributed by atoms with Gasteiger partial charge in [0, 0.05) is 39.1 Å². The topological polar surface area (TPSA) is 71.8 Å². The molecule has 0 saturated carbocycles. The van der Waals surface area contributed by atoms with Crippen LogP contribution in [0.15, 0.2) is 47.7 Å². The molecule has 1 atom stereocenters. The summed E-state index contributed by atoms with van der Waals surface area (Å²) in [4.78, 5) is 18.7. The Morgan fingerprint density at radius 2 is 2.21 bits per heavy atom. The number of nitrogens with one attached hydrogen (secondary N) is 1. The van der Waals surface area contributed by atoms with E-state index in [0.29, 0.717) is 19.7 Å². The lowest BCUT2D eigenvalue weighted by atomic mass is 9.98. The summed E-state index contributed by atoms with van der Waals surface area (Å²) >= 11 is 0. The number of ether oxygens (including phenoxy) is 1. The van der Waals surface area contributed by atoms with E-state index in [1.165, 1.54) is 11.1 Å². The Kier molecular flexibility index (Phi) is 7.06. The zero-order valence-corrected chi connectivity index (χ0v) is 16.7. The van der Waals surface area contributed by atoms with E-state index < -0.39 is 0 Å². The first-order valence-electron chi connectivity index (χ1n) is 9.87. The van der Waals surface area contributed by atoms with E-state index in [2.05, 4.69) is 44.6 Å². The molecule has 2 aromatic rings. The molecule has 0 bridgehead atoms. The minimum Gasteiger partial charge on any atom is -0.466 e. The van der Waals surface area contributed by atoms with Crippen LogP contribution in [0.1, 0.15) is 30.9 Å². The number of esters is 1. The Morgan fingerprint density at radius 3 is 2.96 bits per heavy atom. The first-order chi connectivity index (χ1) is 13.7. The molecule has 1 saturated heterocycles. The minimum absolute atomic E-state index is 0.0790. The van der Waals surface area contributed by atoms with Crippen LogP contribution in [-0.2, 0) is 22.6 Å². The largest absolute Gasteiger partial charge is 0.466 e. The fraction of sp³-hybridized carbons (Fsp3) is 0.476. The van der Waals surface area contributed by atoms with Gasteiger partial charge in [0.2, 0.25) is 0 Å². The zero-order valence-electron chi connectivity index (χ0n) is 16.7. The number of hydrogen-bond acceptors (Lipinski definition) is 4. The van der Waals surface area contributed by atoms with Gasteiger partial charge in [-0.05, 0) is 37.0 Å². The van der Waals surface area contributed by atoms with Crippen LogP contribution in [0.2, 0.25) is 0 Å². The van der Waals surface area contributed by atoms with Gasteiger partial charge in [0.25, 0.3) is 0 Å². The van der Waals surface area contributed by atoms with Gasteiger partial charge in [-0.3, -0.25) is 14.5 Å². The van der Waals surface area contributed by atoms with Gasteiger partial charge in [-0.2, -0.15) is 5.10 Å². The van der Waals surface area contributed by atoms with Crippen molar-refractivity contribution in [3.8, 4) is 0 Å². The van der Waals surface area contributed by atoms with Crippen molar-refractivity contribution in [1.29, 1.82) is 0 Å². The summed E-state index contributed by atoms with van der Waals surface area (Å²) < 4.78 is 7.11. The molecular weight excluding hydrogens is 354 g/mol. The van der Waals surface area contributed by atoms with Crippen molar-refractivity contribution in [1.82, 2.24) is 20.0 Å². The molecule has 7 heteroatoms. The lowest BCUT2D eigenvalue weighted by Gasteiger charge is -2.34. The van der Waals surface area contributed by atoms with E-state index in [-0.39, 0.29) is 11.9 Å². The van der Waals surface area contributed by atoms with Crippen molar-refractivity contribution in [2.24, 2.45) is 10.9 Å². The second kappa shape index (κ2) is 9.92. The molecule has 0 aliphatic carbocycles. The second-order valence-electron chi connectivity index (χ2n) is 6.96. The molecule has 2 heterocycles. The molecule has 0 radical (unpaired) electrons. The van der Waals surface area contributed by atoms with Crippen LogP contribution in [0.3, 0.4) is 0 Å². The number of aliphatic imine (C=N–C) groups is 1. The van der Waals surface area contributed by atoms with Crippen LogP contribution in [0.4, 0.5) is 0 Å². The molecule has 1 unspecified atom stereocenters. The van der Waals surface area contributed by atoms with Gasteiger partial charge in [-0.15, -0.1) is 0 Å². The number of benzene rings is 1. The molecule has 1 aliphatic heterocycles. The van der Waals surface area contributed by atoms with Crippen molar-refractivity contribution in [2.75, 3.05) is 26.7 Å². The molecule has 7 nitrogen and oxygen atoms in total. The number of carbonyl (C=O) groups excluding carboxylic acids is 1. The van der Waals surface area contributed by atoms with Gasteiger partial charge in [0.1, 0.15) is 0 Å². The predicted molar refractivity (Wildman–Crippen MR) is 109 cm³/mol. The molecule has 1 aromatic heterocycles. The van der Waals surface area contributed by atoms with Crippen molar-refractivity contribution < 1.29 is 9.53 Å². The molecule has 0 spiro atoms. The van der Waals surface area contributed by atoms with Crippen LogP contribution >= 0.6 is 0 Å². The van der Waals surface area contributed by atoms with E-state index in [0.717, 1.165) is 31.9 Å². The van der Waals surface area contributed by atoms with Gasteiger partial charge in [-0.1, -0.05) is 24.3 Å². The predicted octanol–water partition coefficient (Wildman–Crippen LogP) is 2.28. The minimum atomic E-state index is -0.103. The van der Waals surface area contributed by atoms with Gasteiger partial charge >= 0.3 is 5.97 Å². The van der Waals surface area contributed by atoms with Crippen molar-refractivity contribution >= 4 is 11.9 Å². The highest BCUT2D eigenvalue weighted by molar-refractivity contribution is 5.81.